The fraction of sp³-hybridized carbons (Fsp3) is 0.182. The van der Waals surface area contributed by atoms with Crippen LogP contribution in [0.4, 0.5) is 0 Å². The molecule has 0 aliphatic rings. The fourth-order valence-electron chi connectivity index (χ4n) is 1.36. The van der Waals surface area contributed by atoms with Gasteiger partial charge in [-0.25, -0.2) is 9.59 Å². The third-order valence-corrected chi connectivity index (χ3v) is 2.28. The van der Waals surface area contributed by atoms with Gasteiger partial charge < -0.3 is 10.2 Å². The Bertz CT molecular complexity index is 452. The predicted molar refractivity (Wildman–Crippen MR) is 55.1 cm³/mol. The standard InChI is InChI=1S/C11H10O5/c1-5-8(10(13)14)3-7(6(2)12)4-9(5)11(15)16/h3-4H,1-2H3,(H,13,14)(H,15,16). The number of carboxylic acids is 2. The maximum absolute atomic E-state index is 11.1. The molecule has 0 radical (unpaired) electrons. The first kappa shape index (κ1) is 11.9. The van der Waals surface area contributed by atoms with E-state index in [-0.39, 0.29) is 28.0 Å². The number of carbonyl (C=O) groups excluding carboxylic acids is 1. The molecule has 0 aromatic heterocycles. The van der Waals surface area contributed by atoms with Crippen molar-refractivity contribution in [3.8, 4) is 0 Å². The van der Waals surface area contributed by atoms with Crippen molar-refractivity contribution in [2.75, 3.05) is 0 Å². The molecule has 0 bridgehead atoms. The van der Waals surface area contributed by atoms with Gasteiger partial charge in [0.1, 0.15) is 0 Å². The lowest BCUT2D eigenvalue weighted by Crippen LogP contribution is -2.10. The number of hydrogen-bond donors (Lipinski definition) is 2. The molecule has 1 aromatic carbocycles. The minimum Gasteiger partial charge on any atom is -0.478 e. The van der Waals surface area contributed by atoms with Gasteiger partial charge in [0, 0.05) is 5.56 Å². The Hall–Kier alpha value is -2.17. The van der Waals surface area contributed by atoms with Crippen molar-refractivity contribution in [2.24, 2.45) is 0 Å². The minimum absolute atomic E-state index is 0.0837. The third kappa shape index (κ3) is 2.08. The molecule has 1 aromatic rings. The smallest absolute Gasteiger partial charge is 0.336 e. The van der Waals surface area contributed by atoms with E-state index < -0.39 is 11.9 Å². The molecule has 84 valence electrons. The molecule has 2 N–H and O–H groups in total. The highest BCUT2D eigenvalue weighted by molar-refractivity contribution is 6.02. The summed E-state index contributed by atoms with van der Waals surface area (Å²) in [5.74, 6) is -2.86. The number of carbonyl (C=O) groups is 3. The number of hydrogen-bond acceptors (Lipinski definition) is 3. The van der Waals surface area contributed by atoms with Gasteiger partial charge in [0.25, 0.3) is 0 Å². The Kier molecular flexibility index (Phi) is 3.08. The van der Waals surface area contributed by atoms with Gasteiger partial charge in [-0.05, 0) is 31.5 Å². The van der Waals surface area contributed by atoms with Gasteiger partial charge in [0.05, 0.1) is 11.1 Å². The summed E-state index contributed by atoms with van der Waals surface area (Å²) in [5, 5.41) is 17.7. The summed E-state index contributed by atoms with van der Waals surface area (Å²) in [6, 6.07) is 2.37. The van der Waals surface area contributed by atoms with Crippen LogP contribution in [0.15, 0.2) is 12.1 Å². The summed E-state index contributed by atoms with van der Waals surface area (Å²) in [5.41, 5.74) is -0.0967. The summed E-state index contributed by atoms with van der Waals surface area (Å²) in [7, 11) is 0. The van der Waals surface area contributed by atoms with Crippen molar-refractivity contribution >= 4 is 17.7 Å². The molecule has 16 heavy (non-hydrogen) atoms. The number of rotatable bonds is 3. The van der Waals surface area contributed by atoms with E-state index in [2.05, 4.69) is 0 Å². The van der Waals surface area contributed by atoms with Crippen LogP contribution in [0, 0.1) is 6.92 Å². The highest BCUT2D eigenvalue weighted by Crippen LogP contribution is 2.18. The second kappa shape index (κ2) is 4.14. The van der Waals surface area contributed by atoms with Gasteiger partial charge in [-0.1, -0.05) is 0 Å². The molecule has 0 unspecified atom stereocenters. The zero-order valence-corrected chi connectivity index (χ0v) is 8.77. The summed E-state index contributed by atoms with van der Waals surface area (Å²) in [6.45, 7) is 2.65. The van der Waals surface area contributed by atoms with Gasteiger partial charge in [-0.2, -0.15) is 0 Å². The second-order valence-electron chi connectivity index (χ2n) is 3.36. The number of benzene rings is 1. The Morgan fingerprint density at radius 3 is 1.62 bits per heavy atom. The van der Waals surface area contributed by atoms with Crippen LogP contribution in [0.2, 0.25) is 0 Å². The van der Waals surface area contributed by atoms with E-state index in [1.807, 2.05) is 0 Å². The third-order valence-electron chi connectivity index (χ3n) is 2.28. The first-order chi connectivity index (χ1) is 7.34. The van der Waals surface area contributed by atoms with E-state index in [0.717, 1.165) is 0 Å². The molecule has 0 saturated heterocycles. The van der Waals surface area contributed by atoms with Crippen LogP contribution in [-0.2, 0) is 0 Å². The Morgan fingerprint density at radius 1 is 1.00 bits per heavy atom. The molecule has 0 atom stereocenters. The SMILES string of the molecule is CC(=O)c1cc(C(=O)O)c(C)c(C(=O)O)c1. The summed E-state index contributed by atoms with van der Waals surface area (Å²) in [4.78, 5) is 32.9. The van der Waals surface area contributed by atoms with E-state index >= 15 is 0 Å². The highest BCUT2D eigenvalue weighted by atomic mass is 16.4. The molecule has 0 saturated carbocycles. The molecule has 0 spiro atoms. The number of ketones is 1. The second-order valence-corrected chi connectivity index (χ2v) is 3.36. The van der Waals surface area contributed by atoms with Crippen molar-refractivity contribution in [3.05, 3.63) is 34.4 Å². The van der Waals surface area contributed by atoms with Crippen molar-refractivity contribution < 1.29 is 24.6 Å². The van der Waals surface area contributed by atoms with Gasteiger partial charge in [0.2, 0.25) is 0 Å². The Labute approximate surface area is 91.3 Å². The largest absolute Gasteiger partial charge is 0.478 e. The van der Waals surface area contributed by atoms with Crippen molar-refractivity contribution in [1.29, 1.82) is 0 Å². The van der Waals surface area contributed by atoms with Crippen molar-refractivity contribution in [3.63, 3.8) is 0 Å². The number of Topliss-reactive ketones (excluding diaryl/α,β-unsaturated/α-hetero) is 1. The molecule has 0 amide bonds. The Morgan fingerprint density at radius 2 is 1.38 bits per heavy atom. The molecule has 0 fully saturated rings. The molecule has 0 heterocycles. The molecular formula is C11H10O5. The highest BCUT2D eigenvalue weighted by Gasteiger charge is 2.18. The fourth-order valence-corrected chi connectivity index (χ4v) is 1.36. The zero-order chi connectivity index (χ0) is 12.5. The predicted octanol–water partition coefficient (Wildman–Crippen LogP) is 1.59. The van der Waals surface area contributed by atoms with Gasteiger partial charge >= 0.3 is 11.9 Å². The molecular weight excluding hydrogens is 212 g/mol. The molecule has 5 heteroatoms. The van der Waals surface area contributed by atoms with Crippen LogP contribution in [-0.4, -0.2) is 27.9 Å². The minimum atomic E-state index is -1.25. The van der Waals surface area contributed by atoms with E-state index in [1.54, 1.807) is 0 Å². The van der Waals surface area contributed by atoms with E-state index in [4.69, 9.17) is 10.2 Å². The maximum atomic E-state index is 11.1. The molecule has 1 rings (SSSR count). The average molecular weight is 222 g/mol. The van der Waals surface area contributed by atoms with Crippen LogP contribution in [0.25, 0.3) is 0 Å². The number of aromatic carboxylic acids is 2. The van der Waals surface area contributed by atoms with Crippen LogP contribution in [0.1, 0.15) is 43.6 Å². The van der Waals surface area contributed by atoms with Gasteiger partial charge in [-0.15, -0.1) is 0 Å². The van der Waals surface area contributed by atoms with E-state index in [1.165, 1.54) is 26.0 Å². The van der Waals surface area contributed by atoms with E-state index in [0.29, 0.717) is 0 Å². The average Bonchev–Trinajstić information content (AvgIpc) is 2.16. The molecule has 0 aliphatic heterocycles. The van der Waals surface area contributed by atoms with Crippen LogP contribution < -0.4 is 0 Å². The van der Waals surface area contributed by atoms with Crippen molar-refractivity contribution in [2.45, 2.75) is 13.8 Å². The Balaban J connectivity index is 3.57. The molecule has 0 aliphatic carbocycles. The van der Waals surface area contributed by atoms with Crippen LogP contribution in [0.5, 0.6) is 0 Å². The summed E-state index contributed by atoms with van der Waals surface area (Å²) < 4.78 is 0. The summed E-state index contributed by atoms with van der Waals surface area (Å²) >= 11 is 0. The lowest BCUT2D eigenvalue weighted by molar-refractivity contribution is 0.0696. The van der Waals surface area contributed by atoms with Crippen LogP contribution in [0.3, 0.4) is 0 Å². The zero-order valence-electron chi connectivity index (χ0n) is 8.77. The van der Waals surface area contributed by atoms with Gasteiger partial charge in [0.15, 0.2) is 5.78 Å². The first-order valence-electron chi connectivity index (χ1n) is 4.46. The lowest BCUT2D eigenvalue weighted by Gasteiger charge is -2.07. The lowest BCUT2D eigenvalue weighted by atomic mass is 9.97. The summed E-state index contributed by atoms with van der Waals surface area (Å²) in [6.07, 6.45) is 0. The van der Waals surface area contributed by atoms with Crippen molar-refractivity contribution in [1.82, 2.24) is 0 Å². The normalized spacial score (nSPS) is 9.88. The van der Waals surface area contributed by atoms with Gasteiger partial charge in [-0.3, -0.25) is 4.79 Å². The maximum Gasteiger partial charge on any atom is 0.336 e. The first-order valence-corrected chi connectivity index (χ1v) is 4.46. The monoisotopic (exact) mass is 222 g/mol. The van der Waals surface area contributed by atoms with Crippen LogP contribution >= 0.6 is 0 Å². The quantitative estimate of drug-likeness (QED) is 0.757. The topological polar surface area (TPSA) is 91.7 Å². The molecule has 5 nitrogen and oxygen atoms in total. The number of carboxylic acid groups (broad SMARTS) is 2. The van der Waals surface area contributed by atoms with E-state index in [9.17, 15) is 14.4 Å².